The standard InChI is InChI=1S/C18H26ClN5O/c1-6-20-17(24(5)12-13-9-7-8-10-14(13)19)21-11-15-22-16(25-23-15)18(2,3)4/h7-10H,6,11-12H2,1-5H3,(H,20,21). The van der Waals surface area contributed by atoms with Crippen molar-refractivity contribution in [1.29, 1.82) is 0 Å². The summed E-state index contributed by atoms with van der Waals surface area (Å²) in [6.07, 6.45) is 0. The van der Waals surface area contributed by atoms with E-state index in [-0.39, 0.29) is 5.41 Å². The van der Waals surface area contributed by atoms with Crippen molar-refractivity contribution in [3.05, 3.63) is 46.6 Å². The smallest absolute Gasteiger partial charge is 0.232 e. The molecule has 1 aromatic carbocycles. The fourth-order valence-electron chi connectivity index (χ4n) is 2.20. The number of rotatable bonds is 5. The predicted octanol–water partition coefficient (Wildman–Crippen LogP) is 3.62. The van der Waals surface area contributed by atoms with Gasteiger partial charge in [-0.2, -0.15) is 4.98 Å². The lowest BCUT2D eigenvalue weighted by molar-refractivity contribution is 0.318. The van der Waals surface area contributed by atoms with Gasteiger partial charge in [-0.25, -0.2) is 4.99 Å². The fraction of sp³-hybridized carbons (Fsp3) is 0.500. The van der Waals surface area contributed by atoms with Crippen molar-refractivity contribution in [2.45, 2.75) is 46.2 Å². The molecule has 136 valence electrons. The van der Waals surface area contributed by atoms with E-state index in [1.165, 1.54) is 0 Å². The van der Waals surface area contributed by atoms with Crippen LogP contribution in [0.5, 0.6) is 0 Å². The maximum absolute atomic E-state index is 6.25. The van der Waals surface area contributed by atoms with Gasteiger partial charge < -0.3 is 14.7 Å². The van der Waals surface area contributed by atoms with Crippen LogP contribution in [0.25, 0.3) is 0 Å². The number of hydrogen-bond donors (Lipinski definition) is 1. The van der Waals surface area contributed by atoms with E-state index in [4.69, 9.17) is 16.1 Å². The van der Waals surface area contributed by atoms with E-state index in [2.05, 4.69) is 20.4 Å². The minimum atomic E-state index is -0.166. The highest BCUT2D eigenvalue weighted by molar-refractivity contribution is 6.31. The van der Waals surface area contributed by atoms with E-state index >= 15 is 0 Å². The van der Waals surface area contributed by atoms with Crippen molar-refractivity contribution >= 4 is 17.6 Å². The van der Waals surface area contributed by atoms with Crippen molar-refractivity contribution in [2.75, 3.05) is 13.6 Å². The number of nitrogens with zero attached hydrogens (tertiary/aromatic N) is 4. The third-order valence-corrected chi connectivity index (χ3v) is 3.91. The van der Waals surface area contributed by atoms with Crippen LogP contribution in [-0.4, -0.2) is 34.6 Å². The van der Waals surface area contributed by atoms with Crippen LogP contribution in [0.4, 0.5) is 0 Å². The molecule has 0 bridgehead atoms. The molecule has 0 radical (unpaired) electrons. The Balaban J connectivity index is 2.09. The Kier molecular flexibility index (Phi) is 6.42. The maximum Gasteiger partial charge on any atom is 0.232 e. The van der Waals surface area contributed by atoms with E-state index in [9.17, 15) is 0 Å². The Bertz CT molecular complexity index is 720. The van der Waals surface area contributed by atoms with Crippen molar-refractivity contribution < 1.29 is 4.52 Å². The molecule has 0 saturated heterocycles. The molecule has 0 aliphatic rings. The molecule has 0 unspecified atom stereocenters. The van der Waals surface area contributed by atoms with E-state index in [0.717, 1.165) is 23.1 Å². The van der Waals surface area contributed by atoms with Crippen molar-refractivity contribution in [3.8, 4) is 0 Å². The normalized spacial score (nSPS) is 12.3. The number of hydrogen-bond acceptors (Lipinski definition) is 4. The van der Waals surface area contributed by atoms with E-state index in [0.29, 0.717) is 24.8 Å². The van der Waals surface area contributed by atoms with Gasteiger partial charge in [-0.1, -0.05) is 55.7 Å². The molecule has 1 N–H and O–H groups in total. The van der Waals surface area contributed by atoms with Gasteiger partial charge in [0.05, 0.1) is 0 Å². The Morgan fingerprint density at radius 2 is 2.04 bits per heavy atom. The number of halogens is 1. The van der Waals surface area contributed by atoms with Gasteiger partial charge in [-0.3, -0.25) is 0 Å². The van der Waals surface area contributed by atoms with Crippen LogP contribution in [0, 0.1) is 0 Å². The average Bonchev–Trinajstić information content (AvgIpc) is 3.02. The van der Waals surface area contributed by atoms with Crippen LogP contribution < -0.4 is 5.32 Å². The highest BCUT2D eigenvalue weighted by Crippen LogP contribution is 2.20. The first kappa shape index (κ1) is 19.2. The highest BCUT2D eigenvalue weighted by Gasteiger charge is 2.21. The summed E-state index contributed by atoms with van der Waals surface area (Å²) in [6.45, 7) is 9.93. The van der Waals surface area contributed by atoms with Gasteiger partial charge in [0, 0.05) is 30.6 Å². The monoisotopic (exact) mass is 363 g/mol. The average molecular weight is 364 g/mol. The zero-order valence-corrected chi connectivity index (χ0v) is 16.3. The fourth-order valence-corrected chi connectivity index (χ4v) is 2.39. The first-order valence-electron chi connectivity index (χ1n) is 8.37. The molecule has 1 heterocycles. The number of nitrogens with one attached hydrogen (secondary N) is 1. The summed E-state index contributed by atoms with van der Waals surface area (Å²) in [5.41, 5.74) is 0.882. The zero-order chi connectivity index (χ0) is 18.4. The van der Waals surface area contributed by atoms with Crippen LogP contribution in [0.2, 0.25) is 5.02 Å². The molecule has 7 heteroatoms. The molecule has 2 aromatic rings. The Morgan fingerprint density at radius 3 is 2.64 bits per heavy atom. The van der Waals surface area contributed by atoms with Crippen LogP contribution in [0.15, 0.2) is 33.8 Å². The Morgan fingerprint density at radius 1 is 1.32 bits per heavy atom. The largest absolute Gasteiger partial charge is 0.357 e. The van der Waals surface area contributed by atoms with Crippen molar-refractivity contribution in [2.24, 2.45) is 4.99 Å². The van der Waals surface area contributed by atoms with E-state index in [1.54, 1.807) is 0 Å². The second kappa shape index (κ2) is 8.34. The first-order valence-corrected chi connectivity index (χ1v) is 8.75. The van der Waals surface area contributed by atoms with E-state index in [1.807, 2.05) is 63.9 Å². The zero-order valence-electron chi connectivity index (χ0n) is 15.5. The molecule has 0 spiro atoms. The molecule has 2 rings (SSSR count). The minimum Gasteiger partial charge on any atom is -0.357 e. The molecular formula is C18H26ClN5O. The molecule has 0 aliphatic carbocycles. The van der Waals surface area contributed by atoms with Crippen molar-refractivity contribution in [1.82, 2.24) is 20.4 Å². The minimum absolute atomic E-state index is 0.166. The topological polar surface area (TPSA) is 66.5 Å². The van der Waals surface area contributed by atoms with Gasteiger partial charge in [0.2, 0.25) is 5.89 Å². The lowest BCUT2D eigenvalue weighted by atomic mass is 9.97. The molecule has 6 nitrogen and oxygen atoms in total. The summed E-state index contributed by atoms with van der Waals surface area (Å²) in [4.78, 5) is 11.1. The van der Waals surface area contributed by atoms with Gasteiger partial charge >= 0.3 is 0 Å². The molecular weight excluding hydrogens is 338 g/mol. The molecule has 0 amide bonds. The summed E-state index contributed by atoms with van der Waals surface area (Å²) in [7, 11) is 1.97. The van der Waals surface area contributed by atoms with Gasteiger partial charge in [0.1, 0.15) is 6.54 Å². The van der Waals surface area contributed by atoms with Crippen LogP contribution in [0.3, 0.4) is 0 Å². The number of aliphatic imine (C=N–C) groups is 1. The molecule has 0 atom stereocenters. The maximum atomic E-state index is 6.25. The predicted molar refractivity (Wildman–Crippen MR) is 101 cm³/mol. The number of guanidine groups is 1. The second-order valence-electron chi connectivity index (χ2n) is 6.88. The third kappa shape index (κ3) is 5.46. The van der Waals surface area contributed by atoms with Gasteiger partial charge in [-0.05, 0) is 18.6 Å². The lowest BCUT2D eigenvalue weighted by Gasteiger charge is -2.22. The lowest BCUT2D eigenvalue weighted by Crippen LogP contribution is -2.38. The molecule has 25 heavy (non-hydrogen) atoms. The first-order chi connectivity index (χ1) is 11.8. The summed E-state index contributed by atoms with van der Waals surface area (Å²) >= 11 is 6.25. The van der Waals surface area contributed by atoms with Gasteiger partial charge in [0.15, 0.2) is 11.8 Å². The molecule has 0 aliphatic heterocycles. The number of benzene rings is 1. The summed E-state index contributed by atoms with van der Waals surface area (Å²) in [5.74, 6) is 1.96. The van der Waals surface area contributed by atoms with Crippen LogP contribution in [0.1, 0.15) is 45.0 Å². The molecule has 0 fully saturated rings. The Labute approximate surface area is 154 Å². The molecule has 1 aromatic heterocycles. The summed E-state index contributed by atoms with van der Waals surface area (Å²) in [6, 6.07) is 7.81. The SMILES string of the molecule is CCNC(=NCc1noc(C(C)(C)C)n1)N(C)Cc1ccccc1Cl. The van der Waals surface area contributed by atoms with Gasteiger partial charge in [-0.15, -0.1) is 0 Å². The number of aromatic nitrogens is 2. The summed E-state index contributed by atoms with van der Waals surface area (Å²) in [5, 5.41) is 8.04. The Hall–Kier alpha value is -2.08. The van der Waals surface area contributed by atoms with Crippen LogP contribution in [-0.2, 0) is 18.5 Å². The highest BCUT2D eigenvalue weighted by atomic mass is 35.5. The quantitative estimate of drug-likeness (QED) is 0.649. The summed E-state index contributed by atoms with van der Waals surface area (Å²) < 4.78 is 5.31. The third-order valence-electron chi connectivity index (χ3n) is 3.54. The second-order valence-corrected chi connectivity index (χ2v) is 7.29. The van der Waals surface area contributed by atoms with Crippen LogP contribution >= 0.6 is 11.6 Å². The van der Waals surface area contributed by atoms with Gasteiger partial charge in [0.25, 0.3) is 0 Å². The van der Waals surface area contributed by atoms with Crippen molar-refractivity contribution in [3.63, 3.8) is 0 Å². The molecule has 0 saturated carbocycles. The van der Waals surface area contributed by atoms with E-state index < -0.39 is 0 Å².